The third-order valence-corrected chi connectivity index (χ3v) is 8.32. The standard InChI is InChI=1S/C26H30F2N6O4S/c1-16-13-33(14-17(2)38-16)24-5-3-4-21(32-24)22-7-6-18-12-29-20(10-23(18)31-22)11-25(35)30-19-8-9-34(15-19)39(36,37)26(27)28/h3-7,10,12,16-17,19,26H,8-9,11,13-15H2,1-2H3,(H,30,35)/t16-,17+,19?. The lowest BCUT2D eigenvalue weighted by Gasteiger charge is -2.36. The molecule has 208 valence electrons. The molecule has 3 aromatic heterocycles. The van der Waals surface area contributed by atoms with E-state index in [1.807, 2.05) is 44.2 Å². The number of halogens is 2. The number of fused-ring (bicyclic) bond motifs is 1. The van der Waals surface area contributed by atoms with Gasteiger partial charge < -0.3 is 15.0 Å². The number of ether oxygens (including phenoxy) is 1. The molecule has 3 aromatic rings. The SMILES string of the molecule is C[C@@H]1CN(c2cccc(-c3ccc4cnc(CC(=O)NC5CCN(S(=O)(=O)C(F)F)C5)cc4n3)n2)C[C@H](C)O1. The van der Waals surface area contributed by atoms with Gasteiger partial charge in [-0.3, -0.25) is 9.78 Å². The fraction of sp³-hybridized carbons (Fsp3) is 0.462. The van der Waals surface area contributed by atoms with Gasteiger partial charge in [0.25, 0.3) is 10.0 Å². The molecular formula is C26H30F2N6O4S. The van der Waals surface area contributed by atoms with Crippen LogP contribution in [0.4, 0.5) is 14.6 Å². The highest BCUT2D eigenvalue weighted by molar-refractivity contribution is 7.89. The van der Waals surface area contributed by atoms with Crippen molar-refractivity contribution in [1.82, 2.24) is 24.6 Å². The molecule has 1 N–H and O–H groups in total. The molecule has 1 amide bonds. The molecule has 0 bridgehead atoms. The number of carbonyl (C=O) groups is 1. The van der Waals surface area contributed by atoms with Crippen molar-refractivity contribution in [2.45, 2.75) is 50.7 Å². The summed E-state index contributed by atoms with van der Waals surface area (Å²) < 4.78 is 55.5. The second-order valence-corrected chi connectivity index (χ2v) is 11.9. The van der Waals surface area contributed by atoms with E-state index in [1.54, 1.807) is 12.3 Å². The van der Waals surface area contributed by atoms with Crippen LogP contribution in [0.5, 0.6) is 0 Å². The Morgan fingerprint density at radius 1 is 1.10 bits per heavy atom. The van der Waals surface area contributed by atoms with E-state index < -0.39 is 21.8 Å². The first-order valence-electron chi connectivity index (χ1n) is 12.8. The maximum absolute atomic E-state index is 12.8. The number of aromatic nitrogens is 3. The van der Waals surface area contributed by atoms with Crippen molar-refractivity contribution in [3.8, 4) is 11.4 Å². The van der Waals surface area contributed by atoms with Crippen LogP contribution < -0.4 is 10.2 Å². The van der Waals surface area contributed by atoms with E-state index in [1.165, 1.54) is 0 Å². The van der Waals surface area contributed by atoms with Crippen molar-refractivity contribution in [3.63, 3.8) is 0 Å². The minimum atomic E-state index is -4.66. The topological polar surface area (TPSA) is 118 Å². The molecule has 2 aliphatic rings. The summed E-state index contributed by atoms with van der Waals surface area (Å²) in [6.07, 6.45) is 2.07. The van der Waals surface area contributed by atoms with Crippen LogP contribution in [0, 0.1) is 0 Å². The lowest BCUT2D eigenvalue weighted by atomic mass is 10.1. The van der Waals surface area contributed by atoms with Crippen LogP contribution >= 0.6 is 0 Å². The Morgan fingerprint density at radius 3 is 2.59 bits per heavy atom. The average molecular weight is 561 g/mol. The predicted molar refractivity (Wildman–Crippen MR) is 142 cm³/mol. The van der Waals surface area contributed by atoms with E-state index in [0.717, 1.165) is 30.0 Å². The van der Waals surface area contributed by atoms with Crippen LogP contribution in [0.2, 0.25) is 0 Å². The maximum atomic E-state index is 12.8. The lowest BCUT2D eigenvalue weighted by molar-refractivity contribution is -0.121. The third-order valence-electron chi connectivity index (χ3n) is 6.81. The van der Waals surface area contributed by atoms with Crippen LogP contribution in [0.3, 0.4) is 0 Å². The Kier molecular flexibility index (Phi) is 7.74. The summed E-state index contributed by atoms with van der Waals surface area (Å²) in [6.45, 7) is 5.36. The number of anilines is 1. The van der Waals surface area contributed by atoms with E-state index >= 15 is 0 Å². The number of alkyl halides is 2. The zero-order chi connectivity index (χ0) is 27.7. The van der Waals surface area contributed by atoms with Gasteiger partial charge in [0.15, 0.2) is 0 Å². The normalized spacial score (nSPS) is 22.5. The Balaban J connectivity index is 1.28. The molecule has 3 atom stereocenters. The van der Waals surface area contributed by atoms with E-state index in [4.69, 9.17) is 14.7 Å². The average Bonchev–Trinajstić information content (AvgIpc) is 3.37. The number of sulfonamides is 1. The third kappa shape index (κ3) is 6.15. The van der Waals surface area contributed by atoms with Crippen molar-refractivity contribution in [2.24, 2.45) is 0 Å². The largest absolute Gasteiger partial charge is 0.372 e. The summed E-state index contributed by atoms with van der Waals surface area (Å²) in [7, 11) is -4.66. The van der Waals surface area contributed by atoms with Gasteiger partial charge in [-0.25, -0.2) is 18.4 Å². The molecule has 2 aliphatic heterocycles. The zero-order valence-corrected chi connectivity index (χ0v) is 22.4. The van der Waals surface area contributed by atoms with Crippen LogP contribution in [-0.2, 0) is 26.0 Å². The summed E-state index contributed by atoms with van der Waals surface area (Å²) in [5.41, 5.74) is 2.55. The molecule has 0 spiro atoms. The van der Waals surface area contributed by atoms with E-state index in [2.05, 4.69) is 15.2 Å². The molecule has 13 heteroatoms. The summed E-state index contributed by atoms with van der Waals surface area (Å²) in [6, 6.07) is 10.8. The Labute approximate surface area is 225 Å². The van der Waals surface area contributed by atoms with Crippen molar-refractivity contribution in [2.75, 3.05) is 31.1 Å². The fourth-order valence-electron chi connectivity index (χ4n) is 5.04. The predicted octanol–water partition coefficient (Wildman–Crippen LogP) is 2.59. The molecular weight excluding hydrogens is 530 g/mol. The Hall–Kier alpha value is -3.29. The molecule has 5 heterocycles. The molecule has 1 unspecified atom stereocenters. The summed E-state index contributed by atoms with van der Waals surface area (Å²) >= 11 is 0. The quantitative estimate of drug-likeness (QED) is 0.469. The number of rotatable bonds is 7. The summed E-state index contributed by atoms with van der Waals surface area (Å²) in [4.78, 5) is 28.8. The van der Waals surface area contributed by atoms with Crippen molar-refractivity contribution in [1.29, 1.82) is 0 Å². The van der Waals surface area contributed by atoms with Crippen LogP contribution in [-0.4, -0.2) is 83.8 Å². The number of carbonyl (C=O) groups excluding carboxylic acids is 1. The van der Waals surface area contributed by atoms with Crippen LogP contribution in [0.1, 0.15) is 26.0 Å². The lowest BCUT2D eigenvalue weighted by Crippen LogP contribution is -2.45. The molecule has 0 aliphatic carbocycles. The minimum absolute atomic E-state index is 0.0545. The highest BCUT2D eigenvalue weighted by atomic mass is 32.2. The number of hydrogen-bond donors (Lipinski definition) is 1. The summed E-state index contributed by atoms with van der Waals surface area (Å²) in [5, 5.41) is 3.53. The minimum Gasteiger partial charge on any atom is -0.372 e. The van der Waals surface area contributed by atoms with Crippen molar-refractivity contribution in [3.05, 3.63) is 48.3 Å². The number of pyridine rings is 3. The van der Waals surface area contributed by atoms with Gasteiger partial charge in [-0.2, -0.15) is 13.1 Å². The smallest absolute Gasteiger partial charge is 0.350 e. The molecule has 0 saturated carbocycles. The van der Waals surface area contributed by atoms with E-state index in [0.29, 0.717) is 21.2 Å². The van der Waals surface area contributed by atoms with Crippen LogP contribution in [0.25, 0.3) is 22.3 Å². The second kappa shape index (κ2) is 11.1. The van der Waals surface area contributed by atoms with Gasteiger partial charge in [-0.15, -0.1) is 0 Å². The van der Waals surface area contributed by atoms with E-state index in [-0.39, 0.29) is 44.0 Å². The molecule has 2 saturated heterocycles. The molecule has 5 rings (SSSR count). The monoisotopic (exact) mass is 560 g/mol. The summed E-state index contributed by atoms with van der Waals surface area (Å²) in [5.74, 6) is -2.99. The molecule has 2 fully saturated rings. The number of nitrogens with zero attached hydrogens (tertiary/aromatic N) is 5. The van der Waals surface area contributed by atoms with Gasteiger partial charge in [-0.05, 0) is 50.6 Å². The highest BCUT2D eigenvalue weighted by Crippen LogP contribution is 2.24. The first-order chi connectivity index (χ1) is 18.6. The second-order valence-electron chi connectivity index (χ2n) is 10.0. The van der Waals surface area contributed by atoms with Gasteiger partial charge in [0.05, 0.1) is 41.2 Å². The molecule has 10 nitrogen and oxygen atoms in total. The van der Waals surface area contributed by atoms with E-state index in [9.17, 15) is 22.0 Å². The van der Waals surface area contributed by atoms with Gasteiger partial charge in [0.2, 0.25) is 5.91 Å². The first-order valence-corrected chi connectivity index (χ1v) is 14.3. The zero-order valence-electron chi connectivity index (χ0n) is 21.6. The van der Waals surface area contributed by atoms with Gasteiger partial charge in [0, 0.05) is 43.8 Å². The van der Waals surface area contributed by atoms with Crippen molar-refractivity contribution >= 4 is 32.7 Å². The number of morpholine rings is 1. The fourth-order valence-corrected chi connectivity index (χ4v) is 6.01. The van der Waals surface area contributed by atoms with Crippen LogP contribution in [0.15, 0.2) is 42.6 Å². The first kappa shape index (κ1) is 27.3. The number of hydrogen-bond acceptors (Lipinski definition) is 8. The Bertz CT molecular complexity index is 1460. The molecule has 39 heavy (non-hydrogen) atoms. The highest BCUT2D eigenvalue weighted by Gasteiger charge is 2.37. The van der Waals surface area contributed by atoms with Gasteiger partial charge in [-0.1, -0.05) is 6.07 Å². The maximum Gasteiger partial charge on any atom is 0.350 e. The van der Waals surface area contributed by atoms with Gasteiger partial charge in [0.1, 0.15) is 5.82 Å². The molecule has 0 aromatic carbocycles. The molecule has 0 radical (unpaired) electrons. The van der Waals surface area contributed by atoms with Crippen molar-refractivity contribution < 1.29 is 26.7 Å². The Morgan fingerprint density at radius 2 is 1.85 bits per heavy atom. The number of amides is 1. The van der Waals surface area contributed by atoms with Gasteiger partial charge >= 0.3 is 5.76 Å². The number of nitrogens with one attached hydrogen (secondary N) is 1.